The van der Waals surface area contributed by atoms with Crippen molar-refractivity contribution in [3.63, 3.8) is 0 Å². The molecule has 36 heavy (non-hydrogen) atoms. The summed E-state index contributed by atoms with van der Waals surface area (Å²) in [5, 5.41) is 4.62. The lowest BCUT2D eigenvalue weighted by molar-refractivity contribution is 0.157. The summed E-state index contributed by atoms with van der Waals surface area (Å²) in [5.74, 6) is 1.30. The Morgan fingerprint density at radius 3 is 2.19 bits per heavy atom. The number of ether oxygens (including phenoxy) is 1. The van der Waals surface area contributed by atoms with Crippen LogP contribution >= 0.6 is 23.2 Å². The van der Waals surface area contributed by atoms with Crippen molar-refractivity contribution in [1.82, 2.24) is 15.1 Å². The van der Waals surface area contributed by atoms with Crippen molar-refractivity contribution in [2.75, 3.05) is 32.8 Å². The molecule has 186 valence electrons. The quantitative estimate of drug-likeness (QED) is 0.449. The van der Waals surface area contributed by atoms with E-state index in [4.69, 9.17) is 32.9 Å². The van der Waals surface area contributed by atoms with Crippen molar-refractivity contribution in [2.24, 2.45) is 4.99 Å². The van der Waals surface area contributed by atoms with Crippen LogP contribution in [0.3, 0.4) is 0 Å². The van der Waals surface area contributed by atoms with Gasteiger partial charge in [0.15, 0.2) is 0 Å². The van der Waals surface area contributed by atoms with Crippen LogP contribution in [0.4, 0.5) is 4.79 Å². The molecule has 2 aliphatic rings. The van der Waals surface area contributed by atoms with E-state index in [0.717, 1.165) is 29.8 Å². The molecule has 0 aromatic heterocycles. The monoisotopic (exact) mass is 522 g/mol. The molecule has 0 saturated carbocycles. The molecular weight excluding hydrogens is 495 g/mol. The molecule has 1 saturated heterocycles. The van der Waals surface area contributed by atoms with Gasteiger partial charge < -0.3 is 15.0 Å². The van der Waals surface area contributed by atoms with Gasteiger partial charge in [0.1, 0.15) is 17.6 Å². The fourth-order valence-corrected chi connectivity index (χ4v) is 5.05. The molecule has 2 aliphatic heterocycles. The maximum absolute atomic E-state index is 14.2. The first kappa shape index (κ1) is 24.6. The Bertz CT molecular complexity index is 1240. The van der Waals surface area contributed by atoms with Crippen LogP contribution < -0.4 is 10.1 Å². The number of aliphatic imine (C=N–C) groups is 1. The standard InChI is InChI=1S/C28H28Cl2N4O2/c1-2-36-24-6-4-3-5-23(24)27-32-25(19-7-11-21(29)12-8-19)26(20-9-13-22(30)14-10-20)34(27)28(35)33-17-15-31-16-18-33/h3-14,25-26,31H,2,15-18H2,1H3. The molecule has 2 heterocycles. The molecule has 8 heteroatoms. The molecule has 0 spiro atoms. The first-order valence-electron chi connectivity index (χ1n) is 12.2. The predicted molar refractivity (Wildman–Crippen MR) is 144 cm³/mol. The molecule has 0 aliphatic carbocycles. The van der Waals surface area contributed by atoms with Crippen molar-refractivity contribution in [2.45, 2.75) is 19.0 Å². The Hall–Kier alpha value is -3.06. The number of hydrogen-bond donors (Lipinski definition) is 1. The van der Waals surface area contributed by atoms with E-state index in [1.54, 1.807) is 0 Å². The smallest absolute Gasteiger partial charge is 0.326 e. The third-order valence-corrected chi connectivity index (χ3v) is 7.02. The van der Waals surface area contributed by atoms with Crippen LogP contribution in [-0.4, -0.2) is 54.5 Å². The second kappa shape index (κ2) is 10.9. The van der Waals surface area contributed by atoms with E-state index in [2.05, 4.69) is 5.32 Å². The van der Waals surface area contributed by atoms with E-state index in [-0.39, 0.29) is 18.1 Å². The Labute approximate surface area is 221 Å². The summed E-state index contributed by atoms with van der Waals surface area (Å²) >= 11 is 12.4. The van der Waals surface area contributed by atoms with Gasteiger partial charge >= 0.3 is 6.03 Å². The van der Waals surface area contributed by atoms with Crippen LogP contribution in [0.25, 0.3) is 0 Å². The van der Waals surface area contributed by atoms with Gasteiger partial charge in [-0.2, -0.15) is 0 Å². The number of piperazine rings is 1. The first-order chi connectivity index (χ1) is 17.6. The van der Waals surface area contributed by atoms with Gasteiger partial charge in [-0.25, -0.2) is 4.79 Å². The van der Waals surface area contributed by atoms with Crippen molar-refractivity contribution in [3.05, 3.63) is 99.5 Å². The maximum Gasteiger partial charge on any atom is 0.326 e. The molecule has 0 radical (unpaired) electrons. The number of halogens is 2. The highest BCUT2D eigenvalue weighted by Crippen LogP contribution is 2.45. The van der Waals surface area contributed by atoms with Gasteiger partial charge in [-0.1, -0.05) is 59.6 Å². The molecule has 5 rings (SSSR count). The lowest BCUT2D eigenvalue weighted by Crippen LogP contribution is -2.53. The second-order valence-corrected chi connectivity index (χ2v) is 9.64. The summed E-state index contributed by atoms with van der Waals surface area (Å²) < 4.78 is 5.96. The summed E-state index contributed by atoms with van der Waals surface area (Å²) in [4.78, 5) is 23.1. The number of nitrogens with one attached hydrogen (secondary N) is 1. The van der Waals surface area contributed by atoms with Gasteiger partial charge in [-0.05, 0) is 54.4 Å². The van der Waals surface area contributed by atoms with Crippen LogP contribution in [0, 0.1) is 0 Å². The number of rotatable bonds is 5. The van der Waals surface area contributed by atoms with Crippen molar-refractivity contribution < 1.29 is 9.53 Å². The number of nitrogens with zero attached hydrogens (tertiary/aromatic N) is 3. The average Bonchev–Trinajstić information content (AvgIpc) is 3.30. The van der Waals surface area contributed by atoms with Crippen molar-refractivity contribution in [1.29, 1.82) is 0 Å². The Morgan fingerprint density at radius 2 is 1.56 bits per heavy atom. The van der Waals surface area contributed by atoms with Crippen molar-refractivity contribution >= 4 is 35.1 Å². The van der Waals surface area contributed by atoms with Gasteiger partial charge in [0.2, 0.25) is 0 Å². The average molecular weight is 523 g/mol. The number of carbonyl (C=O) groups is 1. The summed E-state index contributed by atoms with van der Waals surface area (Å²) in [6, 6.07) is 22.3. The highest BCUT2D eigenvalue weighted by Gasteiger charge is 2.44. The van der Waals surface area contributed by atoms with Crippen LogP contribution in [-0.2, 0) is 0 Å². The second-order valence-electron chi connectivity index (χ2n) is 8.76. The maximum atomic E-state index is 14.2. The minimum absolute atomic E-state index is 0.0713. The fraction of sp³-hybridized carbons (Fsp3) is 0.286. The predicted octanol–water partition coefficient (Wildman–Crippen LogP) is 5.96. The van der Waals surface area contributed by atoms with E-state index >= 15 is 0 Å². The first-order valence-corrected chi connectivity index (χ1v) is 12.9. The number of amidine groups is 1. The summed E-state index contributed by atoms with van der Waals surface area (Å²) in [7, 11) is 0. The Balaban J connectivity index is 1.68. The van der Waals surface area contributed by atoms with E-state index in [0.29, 0.717) is 41.3 Å². The molecule has 2 unspecified atom stereocenters. The van der Waals surface area contributed by atoms with Gasteiger partial charge in [0.05, 0.1) is 18.2 Å². The fourth-order valence-electron chi connectivity index (χ4n) is 4.80. The topological polar surface area (TPSA) is 57.2 Å². The summed E-state index contributed by atoms with van der Waals surface area (Å²) in [6.07, 6.45) is 0. The zero-order valence-electron chi connectivity index (χ0n) is 20.0. The third kappa shape index (κ3) is 4.94. The molecule has 6 nitrogen and oxygen atoms in total. The van der Waals surface area contributed by atoms with E-state index < -0.39 is 0 Å². The summed E-state index contributed by atoms with van der Waals surface area (Å²) in [5.41, 5.74) is 2.72. The molecule has 1 fully saturated rings. The van der Waals surface area contributed by atoms with Crippen LogP contribution in [0.15, 0.2) is 77.8 Å². The van der Waals surface area contributed by atoms with Crippen LogP contribution in [0.1, 0.15) is 35.7 Å². The van der Waals surface area contributed by atoms with E-state index in [1.807, 2.05) is 89.5 Å². The number of hydrogen-bond acceptors (Lipinski definition) is 4. The highest BCUT2D eigenvalue weighted by atomic mass is 35.5. The minimum Gasteiger partial charge on any atom is -0.493 e. The summed E-state index contributed by atoms with van der Waals surface area (Å²) in [6.45, 7) is 5.24. The normalized spacial score (nSPS) is 19.8. The van der Waals surface area contributed by atoms with Crippen LogP contribution in [0.5, 0.6) is 5.75 Å². The van der Waals surface area contributed by atoms with Gasteiger partial charge in [-0.15, -0.1) is 0 Å². The Morgan fingerprint density at radius 1 is 0.944 bits per heavy atom. The number of amides is 2. The molecule has 1 N–H and O–H groups in total. The molecule has 2 amide bonds. The zero-order chi connectivity index (χ0) is 25.1. The van der Waals surface area contributed by atoms with Crippen LogP contribution in [0.2, 0.25) is 10.0 Å². The highest BCUT2D eigenvalue weighted by molar-refractivity contribution is 6.30. The van der Waals surface area contributed by atoms with Crippen molar-refractivity contribution in [3.8, 4) is 5.75 Å². The number of carbonyl (C=O) groups excluding carboxylic acids is 1. The third-order valence-electron chi connectivity index (χ3n) is 6.51. The largest absolute Gasteiger partial charge is 0.493 e. The molecule has 0 bridgehead atoms. The molecule has 3 aromatic carbocycles. The number of para-hydroxylation sites is 1. The minimum atomic E-state index is -0.365. The molecular formula is C28H28Cl2N4O2. The lowest BCUT2D eigenvalue weighted by atomic mass is 9.93. The molecule has 2 atom stereocenters. The van der Waals surface area contributed by atoms with E-state index in [1.165, 1.54) is 0 Å². The number of benzene rings is 3. The number of urea groups is 1. The van der Waals surface area contributed by atoms with Gasteiger partial charge in [0, 0.05) is 36.2 Å². The Kier molecular flexibility index (Phi) is 7.46. The SMILES string of the molecule is CCOc1ccccc1C1=NC(c2ccc(Cl)cc2)C(c2ccc(Cl)cc2)N1C(=O)N1CCNCC1. The lowest BCUT2D eigenvalue weighted by Gasteiger charge is -2.36. The van der Waals surface area contributed by atoms with E-state index in [9.17, 15) is 4.79 Å². The van der Waals surface area contributed by atoms with Gasteiger partial charge in [-0.3, -0.25) is 9.89 Å². The zero-order valence-corrected chi connectivity index (χ0v) is 21.5. The van der Waals surface area contributed by atoms with Gasteiger partial charge in [0.25, 0.3) is 0 Å². The molecule has 3 aromatic rings.